The third kappa shape index (κ3) is 4.05. The van der Waals surface area contributed by atoms with Gasteiger partial charge in [0.25, 0.3) is 0 Å². The van der Waals surface area contributed by atoms with Gasteiger partial charge < -0.3 is 5.11 Å². The summed E-state index contributed by atoms with van der Waals surface area (Å²) in [4.78, 5) is 0. The molecule has 2 N–H and O–H groups in total. The van der Waals surface area contributed by atoms with Gasteiger partial charge in [0, 0.05) is 6.04 Å². The molecule has 0 aromatic carbocycles. The van der Waals surface area contributed by atoms with Gasteiger partial charge in [-0.25, -0.2) is 9.65 Å². The van der Waals surface area contributed by atoms with Crippen molar-refractivity contribution in [1.82, 2.24) is 5.09 Å². The summed E-state index contributed by atoms with van der Waals surface area (Å²) >= 11 is 0. The zero-order chi connectivity index (χ0) is 11.3. The Morgan fingerprint density at radius 3 is 2.40 bits per heavy atom. The lowest BCUT2D eigenvalue weighted by Crippen LogP contribution is -2.26. The highest BCUT2D eigenvalue weighted by Crippen LogP contribution is 2.44. The van der Waals surface area contributed by atoms with Gasteiger partial charge in [0.1, 0.15) is 0 Å². The maximum Gasteiger partial charge on any atom is 0.405 e. The van der Waals surface area contributed by atoms with Crippen LogP contribution in [0, 0.1) is 0 Å². The molecular formula is C9H18NO4P. The zero-order valence-corrected chi connectivity index (χ0v) is 9.94. The second-order valence-corrected chi connectivity index (χ2v) is 5.03. The minimum absolute atomic E-state index is 0.149. The highest BCUT2D eigenvalue weighted by Gasteiger charge is 2.29. The van der Waals surface area contributed by atoms with Crippen molar-refractivity contribution in [3.05, 3.63) is 12.2 Å². The van der Waals surface area contributed by atoms with E-state index in [1.165, 1.54) is 0 Å². The van der Waals surface area contributed by atoms with Crippen LogP contribution in [0.4, 0.5) is 0 Å². The van der Waals surface area contributed by atoms with Crippen LogP contribution >= 0.6 is 7.75 Å². The molecule has 1 aliphatic rings. The molecule has 0 fully saturated rings. The second-order valence-electron chi connectivity index (χ2n) is 3.26. The van der Waals surface area contributed by atoms with E-state index in [-0.39, 0.29) is 6.04 Å². The van der Waals surface area contributed by atoms with Crippen LogP contribution in [0.25, 0.3) is 0 Å². The van der Waals surface area contributed by atoms with Gasteiger partial charge in [-0.3, -0.25) is 9.05 Å². The van der Waals surface area contributed by atoms with E-state index >= 15 is 0 Å². The van der Waals surface area contributed by atoms with Crippen molar-refractivity contribution in [2.75, 3.05) is 13.2 Å². The molecule has 0 radical (unpaired) electrons. The van der Waals surface area contributed by atoms with Crippen LogP contribution in [-0.2, 0) is 13.6 Å². The van der Waals surface area contributed by atoms with Gasteiger partial charge in [-0.1, -0.05) is 12.2 Å². The predicted molar refractivity (Wildman–Crippen MR) is 57.5 cm³/mol. The summed E-state index contributed by atoms with van der Waals surface area (Å²) in [7, 11) is -3.21. The first-order valence-corrected chi connectivity index (χ1v) is 6.67. The minimum Gasteiger partial charge on any atom is -0.389 e. The molecule has 0 spiro atoms. The third-order valence-electron chi connectivity index (χ3n) is 1.98. The summed E-state index contributed by atoms with van der Waals surface area (Å²) in [5.41, 5.74) is 0. The van der Waals surface area contributed by atoms with Gasteiger partial charge in [-0.15, -0.1) is 0 Å². The summed E-state index contributed by atoms with van der Waals surface area (Å²) in [6, 6.07) is -0.149. The first kappa shape index (κ1) is 12.9. The van der Waals surface area contributed by atoms with E-state index in [2.05, 4.69) is 5.09 Å². The smallest absolute Gasteiger partial charge is 0.389 e. The summed E-state index contributed by atoms with van der Waals surface area (Å²) < 4.78 is 22.2. The van der Waals surface area contributed by atoms with Crippen LogP contribution in [-0.4, -0.2) is 30.5 Å². The van der Waals surface area contributed by atoms with E-state index in [0.29, 0.717) is 19.6 Å². The average molecular weight is 235 g/mol. The van der Waals surface area contributed by atoms with E-state index in [1.807, 2.05) is 0 Å². The van der Waals surface area contributed by atoms with Crippen LogP contribution < -0.4 is 5.09 Å². The van der Waals surface area contributed by atoms with E-state index in [4.69, 9.17) is 9.05 Å². The number of hydrogen-bond donors (Lipinski definition) is 2. The minimum atomic E-state index is -3.21. The summed E-state index contributed by atoms with van der Waals surface area (Å²) in [5, 5.41) is 12.0. The highest BCUT2D eigenvalue weighted by molar-refractivity contribution is 7.51. The SMILES string of the molecule is CCOP(=O)(N[C@H]1C=C[C@@H](O)C1)OCC. The lowest BCUT2D eigenvalue weighted by atomic mass is 10.2. The van der Waals surface area contributed by atoms with Gasteiger partial charge in [-0.2, -0.15) is 0 Å². The van der Waals surface area contributed by atoms with Gasteiger partial charge in [0.2, 0.25) is 0 Å². The largest absolute Gasteiger partial charge is 0.405 e. The fourth-order valence-corrected chi connectivity index (χ4v) is 2.93. The number of aliphatic hydroxyl groups excluding tert-OH is 1. The zero-order valence-electron chi connectivity index (χ0n) is 9.05. The number of aliphatic hydroxyl groups is 1. The lowest BCUT2D eigenvalue weighted by Gasteiger charge is -2.21. The van der Waals surface area contributed by atoms with Crippen LogP contribution in [0.15, 0.2) is 12.2 Å². The first-order chi connectivity index (χ1) is 7.09. The second kappa shape index (κ2) is 5.77. The van der Waals surface area contributed by atoms with E-state index in [9.17, 15) is 9.67 Å². The number of hydrogen-bond acceptors (Lipinski definition) is 4. The highest BCUT2D eigenvalue weighted by atomic mass is 31.2. The summed E-state index contributed by atoms with van der Waals surface area (Å²) in [6.45, 7) is 4.16. The molecule has 0 aromatic heterocycles. The van der Waals surface area contributed by atoms with E-state index < -0.39 is 13.9 Å². The van der Waals surface area contributed by atoms with Crippen LogP contribution in [0.3, 0.4) is 0 Å². The number of nitrogens with one attached hydrogen (secondary N) is 1. The Morgan fingerprint density at radius 2 is 2.00 bits per heavy atom. The molecule has 0 saturated heterocycles. The van der Waals surface area contributed by atoms with Crippen LogP contribution in [0.2, 0.25) is 0 Å². The average Bonchev–Trinajstić information content (AvgIpc) is 2.51. The summed E-state index contributed by atoms with van der Waals surface area (Å²) in [6.07, 6.45) is 3.47. The van der Waals surface area contributed by atoms with Crippen LogP contribution in [0.1, 0.15) is 20.3 Å². The Kier molecular flexibility index (Phi) is 4.96. The molecule has 15 heavy (non-hydrogen) atoms. The quantitative estimate of drug-likeness (QED) is 0.538. The fourth-order valence-electron chi connectivity index (χ4n) is 1.43. The molecular weight excluding hydrogens is 217 g/mol. The number of rotatable bonds is 6. The third-order valence-corrected chi connectivity index (χ3v) is 3.83. The molecule has 0 aromatic rings. The molecule has 0 heterocycles. The molecule has 5 nitrogen and oxygen atoms in total. The first-order valence-electron chi connectivity index (χ1n) is 5.13. The van der Waals surface area contributed by atoms with Crippen molar-refractivity contribution in [2.45, 2.75) is 32.4 Å². The monoisotopic (exact) mass is 235 g/mol. The Labute approximate surface area is 90.1 Å². The van der Waals surface area contributed by atoms with E-state index in [1.54, 1.807) is 26.0 Å². The molecule has 1 rings (SSSR count). The molecule has 6 heteroatoms. The van der Waals surface area contributed by atoms with Crippen molar-refractivity contribution in [3.63, 3.8) is 0 Å². The van der Waals surface area contributed by atoms with Gasteiger partial charge >= 0.3 is 7.75 Å². The maximum absolute atomic E-state index is 12.0. The van der Waals surface area contributed by atoms with Crippen molar-refractivity contribution < 1.29 is 18.7 Å². The molecule has 0 bridgehead atoms. The standard InChI is InChI=1S/C9H18NO4P/c1-3-13-15(12,14-4-2)10-8-5-6-9(11)7-8/h5-6,8-9,11H,3-4,7H2,1-2H3,(H,10,12)/t8-,9+/m0/s1. The Balaban J connectivity index is 2.51. The molecule has 0 unspecified atom stereocenters. The molecule has 2 atom stereocenters. The maximum atomic E-state index is 12.0. The Morgan fingerprint density at radius 1 is 1.40 bits per heavy atom. The normalized spacial score (nSPS) is 26.1. The van der Waals surface area contributed by atoms with Gasteiger partial charge in [0.15, 0.2) is 0 Å². The van der Waals surface area contributed by atoms with Crippen LogP contribution in [0.5, 0.6) is 0 Å². The predicted octanol–water partition coefficient (Wildman–Crippen LogP) is 1.45. The Hall–Kier alpha value is -0.190. The molecule has 88 valence electrons. The fraction of sp³-hybridized carbons (Fsp3) is 0.778. The van der Waals surface area contributed by atoms with Crippen molar-refractivity contribution in [1.29, 1.82) is 0 Å². The van der Waals surface area contributed by atoms with Gasteiger partial charge in [-0.05, 0) is 20.3 Å². The summed E-state index contributed by atoms with van der Waals surface area (Å²) in [5.74, 6) is 0. The van der Waals surface area contributed by atoms with Crippen molar-refractivity contribution in [3.8, 4) is 0 Å². The van der Waals surface area contributed by atoms with Gasteiger partial charge in [0.05, 0.1) is 19.3 Å². The Bertz CT molecular complexity index is 259. The van der Waals surface area contributed by atoms with Crippen molar-refractivity contribution >= 4 is 7.75 Å². The molecule has 0 saturated carbocycles. The molecule has 0 aliphatic heterocycles. The molecule has 1 aliphatic carbocycles. The van der Waals surface area contributed by atoms with E-state index in [0.717, 1.165) is 0 Å². The topological polar surface area (TPSA) is 67.8 Å². The lowest BCUT2D eigenvalue weighted by molar-refractivity contribution is 0.197. The molecule has 0 amide bonds. The van der Waals surface area contributed by atoms with Crippen molar-refractivity contribution in [2.24, 2.45) is 0 Å².